The summed E-state index contributed by atoms with van der Waals surface area (Å²) in [6.45, 7) is 3.72. The molecule has 2 heterocycles. The summed E-state index contributed by atoms with van der Waals surface area (Å²) >= 11 is 12.6. The number of hydrazone groups is 1. The number of aliphatic hydroxyl groups excluding tert-OH is 1. The normalized spacial score (nSPS) is 19.6. The molecule has 0 saturated heterocycles. The van der Waals surface area contributed by atoms with Crippen molar-refractivity contribution in [3.63, 3.8) is 0 Å². The van der Waals surface area contributed by atoms with E-state index in [9.17, 15) is 18.7 Å². The van der Waals surface area contributed by atoms with E-state index in [0.717, 1.165) is 16.7 Å². The van der Waals surface area contributed by atoms with E-state index >= 15 is 0 Å². The second-order valence-corrected chi connectivity index (χ2v) is 10.0. The number of hydrogen-bond donors (Lipinski definition) is 3. The van der Waals surface area contributed by atoms with Gasteiger partial charge in [0.2, 0.25) is 11.6 Å². The largest absolute Gasteiger partial charge is 0.449 e. The van der Waals surface area contributed by atoms with E-state index in [1.165, 1.54) is 25.1 Å². The van der Waals surface area contributed by atoms with Crippen LogP contribution in [0.2, 0.25) is 10.0 Å². The van der Waals surface area contributed by atoms with E-state index in [0.29, 0.717) is 42.5 Å². The van der Waals surface area contributed by atoms with E-state index in [1.54, 1.807) is 11.8 Å². The number of nitrogens with zero attached hydrogens (tertiary/aromatic N) is 2. The monoisotopic (exact) mass is 552 g/mol. The third-order valence-corrected chi connectivity index (χ3v) is 6.98. The molecule has 0 aliphatic carbocycles. The molecule has 1 atom stereocenters. The van der Waals surface area contributed by atoms with Gasteiger partial charge in [-0.05, 0) is 54.3 Å². The van der Waals surface area contributed by atoms with Gasteiger partial charge in [0.15, 0.2) is 0 Å². The summed E-state index contributed by atoms with van der Waals surface area (Å²) in [7, 11) is 0. The molecule has 7 nitrogen and oxygen atoms in total. The van der Waals surface area contributed by atoms with Gasteiger partial charge in [0.1, 0.15) is 6.61 Å². The van der Waals surface area contributed by atoms with Gasteiger partial charge in [-0.3, -0.25) is 5.43 Å². The van der Waals surface area contributed by atoms with Crippen LogP contribution in [-0.2, 0) is 17.1 Å². The molecule has 11 heteroatoms. The van der Waals surface area contributed by atoms with Gasteiger partial charge in [0.25, 0.3) is 5.92 Å². The maximum absolute atomic E-state index is 14.0. The zero-order chi connectivity index (χ0) is 26.8. The Kier molecular flexibility index (Phi) is 7.96. The fraction of sp³-hybridized carbons (Fsp3) is 0.385. The number of anilines is 1. The van der Waals surface area contributed by atoms with Crippen LogP contribution in [-0.4, -0.2) is 47.4 Å². The van der Waals surface area contributed by atoms with Gasteiger partial charge < -0.3 is 20.1 Å². The fourth-order valence-corrected chi connectivity index (χ4v) is 4.76. The van der Waals surface area contributed by atoms with Crippen molar-refractivity contribution in [1.29, 1.82) is 0 Å². The van der Waals surface area contributed by atoms with Crippen LogP contribution in [0.4, 0.5) is 19.3 Å². The summed E-state index contributed by atoms with van der Waals surface area (Å²) in [6.07, 6.45) is 2.61. The number of urea groups is 1. The van der Waals surface area contributed by atoms with Crippen molar-refractivity contribution in [2.45, 2.75) is 44.8 Å². The van der Waals surface area contributed by atoms with Crippen LogP contribution in [0.5, 0.6) is 0 Å². The Morgan fingerprint density at radius 2 is 2.05 bits per heavy atom. The molecule has 0 bridgehead atoms. The lowest BCUT2D eigenvalue weighted by molar-refractivity contribution is -0.00815. The lowest BCUT2D eigenvalue weighted by atomic mass is 9.97. The number of carbonyl (C=O) groups excluding carboxylic acids is 1. The summed E-state index contributed by atoms with van der Waals surface area (Å²) in [5, 5.41) is 16.7. The third-order valence-electron chi connectivity index (χ3n) is 6.35. The Balaban J connectivity index is 1.36. The highest BCUT2D eigenvalue weighted by atomic mass is 35.5. The summed E-state index contributed by atoms with van der Waals surface area (Å²) in [6, 6.07) is 9.40. The van der Waals surface area contributed by atoms with Gasteiger partial charge >= 0.3 is 6.03 Å². The minimum atomic E-state index is -3.02. The van der Waals surface area contributed by atoms with Gasteiger partial charge in [0, 0.05) is 35.8 Å². The van der Waals surface area contributed by atoms with Crippen LogP contribution in [0.1, 0.15) is 43.4 Å². The van der Waals surface area contributed by atoms with Crippen LogP contribution < -0.4 is 10.7 Å². The number of alkyl halides is 2. The van der Waals surface area contributed by atoms with Crippen molar-refractivity contribution in [3.8, 4) is 0 Å². The number of carbonyl (C=O) groups is 1. The molecule has 0 aromatic heterocycles. The number of halogens is 4. The van der Waals surface area contributed by atoms with Crippen LogP contribution >= 0.6 is 23.2 Å². The molecular weight excluding hydrogens is 525 g/mol. The zero-order valence-corrected chi connectivity index (χ0v) is 22.0. The van der Waals surface area contributed by atoms with E-state index in [4.69, 9.17) is 27.9 Å². The fourth-order valence-electron chi connectivity index (χ4n) is 4.11. The first-order valence-corrected chi connectivity index (χ1v) is 12.6. The first-order chi connectivity index (χ1) is 17.5. The van der Waals surface area contributed by atoms with Crippen molar-refractivity contribution in [1.82, 2.24) is 10.3 Å². The van der Waals surface area contributed by atoms with E-state index in [2.05, 4.69) is 15.8 Å². The van der Waals surface area contributed by atoms with Gasteiger partial charge in [-0.1, -0.05) is 48.3 Å². The van der Waals surface area contributed by atoms with Crippen LogP contribution in [0.25, 0.3) is 5.57 Å². The lowest BCUT2D eigenvalue weighted by Gasteiger charge is -2.27. The quantitative estimate of drug-likeness (QED) is 0.393. The highest BCUT2D eigenvalue weighted by molar-refractivity contribution is 6.32. The van der Waals surface area contributed by atoms with E-state index in [1.807, 2.05) is 24.3 Å². The Labute approximate surface area is 224 Å². The van der Waals surface area contributed by atoms with E-state index < -0.39 is 11.6 Å². The SMILES string of the molecule is CCC(F)(F)c1ccc(NC(=O)N2CC=C(c3ccc(CC4=NNC(C)(CO)O4)cc3Cl)CC2)cc1Cl. The first kappa shape index (κ1) is 27.2. The summed E-state index contributed by atoms with van der Waals surface area (Å²) in [5.41, 5.74) is 4.78. The molecule has 0 radical (unpaired) electrons. The Hall–Kier alpha value is -2.88. The van der Waals surface area contributed by atoms with Gasteiger partial charge in [-0.25, -0.2) is 13.6 Å². The van der Waals surface area contributed by atoms with Gasteiger partial charge in [0.05, 0.1) is 11.4 Å². The Morgan fingerprint density at radius 1 is 1.27 bits per heavy atom. The maximum atomic E-state index is 14.0. The van der Waals surface area contributed by atoms with Crippen molar-refractivity contribution in [3.05, 3.63) is 69.2 Å². The summed E-state index contributed by atoms with van der Waals surface area (Å²) < 4.78 is 33.6. The predicted molar refractivity (Wildman–Crippen MR) is 141 cm³/mol. The standard InChI is InChI=1S/C26H28Cl2F2N4O3/c1-3-26(29,30)20-7-5-18(14-22(20)28)31-24(36)34-10-8-17(9-11-34)19-6-4-16(12-21(19)27)13-23-32-33-25(2,15-35)37-23/h4-8,12,14,33,35H,3,9-11,13,15H2,1-2H3,(H,31,36). The Morgan fingerprint density at radius 3 is 2.65 bits per heavy atom. The average Bonchev–Trinajstić information content (AvgIpc) is 3.25. The number of nitrogens with one attached hydrogen (secondary N) is 2. The summed E-state index contributed by atoms with van der Waals surface area (Å²) in [4.78, 5) is 14.3. The molecule has 2 aliphatic rings. The second kappa shape index (κ2) is 10.8. The maximum Gasteiger partial charge on any atom is 0.322 e. The minimum absolute atomic E-state index is 0.0891. The van der Waals surface area contributed by atoms with Crippen molar-refractivity contribution in [2.75, 3.05) is 25.0 Å². The number of hydrogen-bond acceptors (Lipinski definition) is 5. The first-order valence-electron chi connectivity index (χ1n) is 11.9. The van der Waals surface area contributed by atoms with Crippen LogP contribution in [0.15, 0.2) is 47.6 Å². The number of rotatable bonds is 7. The second-order valence-electron chi connectivity index (χ2n) is 9.21. The van der Waals surface area contributed by atoms with Crippen LogP contribution in [0, 0.1) is 0 Å². The zero-order valence-electron chi connectivity index (χ0n) is 20.5. The summed E-state index contributed by atoms with van der Waals surface area (Å²) in [5.74, 6) is -2.56. The molecule has 0 saturated carbocycles. The molecule has 198 valence electrons. The van der Waals surface area contributed by atoms with Crippen molar-refractivity contribution in [2.24, 2.45) is 5.10 Å². The predicted octanol–water partition coefficient (Wildman–Crippen LogP) is 6.00. The molecule has 1 unspecified atom stereocenters. The third kappa shape index (κ3) is 6.17. The number of benzene rings is 2. The molecule has 3 N–H and O–H groups in total. The number of ether oxygens (including phenoxy) is 1. The molecule has 4 rings (SSSR count). The molecule has 37 heavy (non-hydrogen) atoms. The van der Waals surface area contributed by atoms with Gasteiger partial charge in [-0.15, -0.1) is 5.10 Å². The highest BCUT2D eigenvalue weighted by Gasteiger charge is 2.32. The molecule has 2 amide bonds. The number of aliphatic hydroxyl groups is 1. The van der Waals surface area contributed by atoms with E-state index in [-0.39, 0.29) is 29.6 Å². The smallest absolute Gasteiger partial charge is 0.322 e. The molecular formula is C26H28Cl2F2N4O3. The molecule has 2 aliphatic heterocycles. The molecule has 2 aromatic carbocycles. The lowest BCUT2D eigenvalue weighted by Crippen LogP contribution is -2.41. The number of amides is 2. The van der Waals surface area contributed by atoms with Gasteiger partial charge in [-0.2, -0.15) is 0 Å². The minimum Gasteiger partial charge on any atom is -0.449 e. The van der Waals surface area contributed by atoms with Crippen LogP contribution in [0.3, 0.4) is 0 Å². The Bertz CT molecular complexity index is 1250. The average molecular weight is 553 g/mol. The topological polar surface area (TPSA) is 86.2 Å². The highest BCUT2D eigenvalue weighted by Crippen LogP contribution is 2.37. The van der Waals surface area contributed by atoms with Crippen molar-refractivity contribution < 1.29 is 23.4 Å². The molecule has 2 aromatic rings. The molecule has 0 fully saturated rings. The molecule has 0 spiro atoms. The van der Waals surface area contributed by atoms with Crippen molar-refractivity contribution >= 4 is 46.4 Å².